The molecule has 0 bridgehead atoms. The monoisotopic (exact) mass is 292 g/mol. The van der Waals surface area contributed by atoms with E-state index in [0.717, 1.165) is 32.2 Å². The number of rotatable bonds is 3. The second-order valence-corrected chi connectivity index (χ2v) is 6.94. The van der Waals surface area contributed by atoms with Gasteiger partial charge in [0.15, 0.2) is 0 Å². The van der Waals surface area contributed by atoms with Gasteiger partial charge < -0.3 is 9.80 Å². The molecular formula is C17H28N2O2. The molecule has 2 saturated heterocycles. The predicted molar refractivity (Wildman–Crippen MR) is 81.7 cm³/mol. The van der Waals surface area contributed by atoms with Crippen LogP contribution in [0.1, 0.15) is 64.7 Å². The van der Waals surface area contributed by atoms with Gasteiger partial charge in [0.25, 0.3) is 0 Å². The smallest absolute Gasteiger partial charge is 0.246 e. The summed E-state index contributed by atoms with van der Waals surface area (Å²) in [5, 5.41) is 0. The van der Waals surface area contributed by atoms with Gasteiger partial charge in [0, 0.05) is 12.6 Å². The minimum Gasteiger partial charge on any atom is -0.329 e. The Labute approximate surface area is 127 Å². The first kappa shape index (κ1) is 14.9. The van der Waals surface area contributed by atoms with Crippen LogP contribution in [-0.2, 0) is 9.59 Å². The molecule has 4 heteroatoms. The van der Waals surface area contributed by atoms with Crippen LogP contribution in [0.25, 0.3) is 0 Å². The summed E-state index contributed by atoms with van der Waals surface area (Å²) in [6.45, 7) is 3.28. The van der Waals surface area contributed by atoms with Crippen LogP contribution in [-0.4, -0.2) is 46.8 Å². The van der Waals surface area contributed by atoms with Crippen LogP contribution in [0.15, 0.2) is 0 Å². The second kappa shape index (κ2) is 6.37. The first-order valence-electron chi connectivity index (χ1n) is 8.82. The molecular weight excluding hydrogens is 264 g/mol. The molecule has 1 saturated carbocycles. The molecule has 2 atom stereocenters. The quantitative estimate of drug-likeness (QED) is 0.802. The van der Waals surface area contributed by atoms with E-state index in [0.29, 0.717) is 12.5 Å². The largest absolute Gasteiger partial charge is 0.329 e. The highest BCUT2D eigenvalue weighted by Gasteiger charge is 2.43. The Morgan fingerprint density at radius 3 is 2.48 bits per heavy atom. The van der Waals surface area contributed by atoms with Crippen LogP contribution >= 0.6 is 0 Å². The number of fused-ring (bicyclic) bond motifs is 1. The Morgan fingerprint density at radius 2 is 1.76 bits per heavy atom. The van der Waals surface area contributed by atoms with Crippen molar-refractivity contribution in [3.8, 4) is 0 Å². The number of nitrogens with zero attached hydrogens (tertiary/aromatic N) is 2. The zero-order chi connectivity index (χ0) is 14.8. The molecule has 118 valence electrons. The van der Waals surface area contributed by atoms with Crippen LogP contribution in [0, 0.1) is 5.92 Å². The summed E-state index contributed by atoms with van der Waals surface area (Å²) in [6, 6.07) is 0.128. The molecule has 4 nitrogen and oxygen atoms in total. The number of hydrogen-bond donors (Lipinski definition) is 0. The van der Waals surface area contributed by atoms with Crippen molar-refractivity contribution in [3.63, 3.8) is 0 Å². The number of piperazine rings is 1. The van der Waals surface area contributed by atoms with Gasteiger partial charge in [0.2, 0.25) is 11.8 Å². The highest BCUT2D eigenvalue weighted by Crippen LogP contribution is 2.33. The summed E-state index contributed by atoms with van der Waals surface area (Å²) in [6.07, 6.45) is 10.3. The van der Waals surface area contributed by atoms with Crippen LogP contribution in [0.2, 0.25) is 0 Å². The van der Waals surface area contributed by atoms with Crippen LogP contribution < -0.4 is 0 Å². The minimum absolute atomic E-state index is 0.155. The average molecular weight is 292 g/mol. The Hall–Kier alpha value is -1.06. The van der Waals surface area contributed by atoms with E-state index in [1.807, 2.05) is 9.80 Å². The lowest BCUT2D eigenvalue weighted by Crippen LogP contribution is -2.64. The number of carbonyl (C=O) groups excluding carboxylic acids is 2. The maximum atomic E-state index is 12.9. The van der Waals surface area contributed by atoms with Gasteiger partial charge in [-0.05, 0) is 44.4 Å². The van der Waals surface area contributed by atoms with Crippen molar-refractivity contribution in [2.45, 2.75) is 76.8 Å². The lowest BCUT2D eigenvalue weighted by molar-refractivity contribution is -0.161. The van der Waals surface area contributed by atoms with Crippen molar-refractivity contribution in [2.24, 2.45) is 5.92 Å². The number of hydrogen-bond acceptors (Lipinski definition) is 2. The van der Waals surface area contributed by atoms with Crippen molar-refractivity contribution < 1.29 is 9.59 Å². The standard InChI is InChI=1S/C17H28N2O2/c1-2-14(13-8-4-3-5-9-13)19-12-16(20)18-11-7-6-10-15(18)17(19)21/h13-15H,2-12H2,1H3. The molecule has 0 aromatic rings. The molecule has 1 aliphatic carbocycles. The summed E-state index contributed by atoms with van der Waals surface area (Å²) in [7, 11) is 0. The van der Waals surface area contributed by atoms with Gasteiger partial charge >= 0.3 is 0 Å². The summed E-state index contributed by atoms with van der Waals surface area (Å²) in [5.74, 6) is 1.01. The topological polar surface area (TPSA) is 40.6 Å². The normalized spacial score (nSPS) is 29.5. The van der Waals surface area contributed by atoms with E-state index >= 15 is 0 Å². The molecule has 2 amide bonds. The number of carbonyl (C=O) groups is 2. The van der Waals surface area contributed by atoms with Crippen LogP contribution in [0.3, 0.4) is 0 Å². The van der Waals surface area contributed by atoms with E-state index in [2.05, 4.69) is 6.92 Å². The highest BCUT2D eigenvalue weighted by atomic mass is 16.2. The first-order valence-corrected chi connectivity index (χ1v) is 8.82. The van der Waals surface area contributed by atoms with Gasteiger partial charge in [0.1, 0.15) is 12.6 Å². The number of piperidine rings is 1. The zero-order valence-corrected chi connectivity index (χ0v) is 13.2. The first-order chi connectivity index (χ1) is 10.2. The lowest BCUT2D eigenvalue weighted by Gasteiger charge is -2.47. The van der Waals surface area contributed by atoms with Gasteiger partial charge in [-0.15, -0.1) is 0 Å². The Bertz CT molecular complexity index is 404. The molecule has 0 aromatic carbocycles. The molecule has 3 aliphatic rings. The predicted octanol–water partition coefficient (Wildman–Crippen LogP) is 2.57. The van der Waals surface area contributed by atoms with E-state index in [1.165, 1.54) is 32.1 Å². The Kier molecular flexibility index (Phi) is 4.51. The molecule has 2 aliphatic heterocycles. The van der Waals surface area contributed by atoms with Crippen molar-refractivity contribution >= 4 is 11.8 Å². The summed E-state index contributed by atoms with van der Waals surface area (Å²) < 4.78 is 0. The SMILES string of the molecule is CCC(C1CCCCC1)N1CC(=O)N2CCCCC2C1=O. The molecule has 2 unspecified atom stereocenters. The van der Waals surface area contributed by atoms with Gasteiger partial charge in [0.05, 0.1) is 0 Å². The maximum Gasteiger partial charge on any atom is 0.246 e. The van der Waals surface area contributed by atoms with Gasteiger partial charge in [-0.3, -0.25) is 9.59 Å². The Balaban J connectivity index is 1.76. The summed E-state index contributed by atoms with van der Waals surface area (Å²) in [5.41, 5.74) is 0. The van der Waals surface area contributed by atoms with Crippen LogP contribution in [0.4, 0.5) is 0 Å². The number of amides is 2. The van der Waals surface area contributed by atoms with E-state index < -0.39 is 0 Å². The molecule has 0 aromatic heterocycles. The summed E-state index contributed by atoms with van der Waals surface area (Å²) in [4.78, 5) is 29.1. The fourth-order valence-corrected chi connectivity index (χ4v) is 4.60. The lowest BCUT2D eigenvalue weighted by atomic mass is 9.81. The third kappa shape index (κ3) is 2.82. The fourth-order valence-electron chi connectivity index (χ4n) is 4.60. The molecule has 3 rings (SSSR count). The third-order valence-corrected chi connectivity index (χ3v) is 5.71. The third-order valence-electron chi connectivity index (χ3n) is 5.71. The maximum absolute atomic E-state index is 12.9. The summed E-state index contributed by atoms with van der Waals surface area (Å²) >= 11 is 0. The van der Waals surface area contributed by atoms with E-state index in [9.17, 15) is 9.59 Å². The van der Waals surface area contributed by atoms with Crippen LogP contribution in [0.5, 0.6) is 0 Å². The molecule has 21 heavy (non-hydrogen) atoms. The second-order valence-electron chi connectivity index (χ2n) is 6.94. The van der Waals surface area contributed by atoms with Crippen molar-refractivity contribution in [2.75, 3.05) is 13.1 Å². The minimum atomic E-state index is -0.155. The Morgan fingerprint density at radius 1 is 1.05 bits per heavy atom. The fraction of sp³-hybridized carbons (Fsp3) is 0.882. The van der Waals surface area contributed by atoms with Crippen molar-refractivity contribution in [1.82, 2.24) is 9.80 Å². The van der Waals surface area contributed by atoms with Crippen molar-refractivity contribution in [3.05, 3.63) is 0 Å². The molecule has 3 fully saturated rings. The molecule has 0 radical (unpaired) electrons. The van der Waals surface area contributed by atoms with Gasteiger partial charge in [-0.25, -0.2) is 0 Å². The van der Waals surface area contributed by atoms with Gasteiger partial charge in [-0.1, -0.05) is 26.2 Å². The van der Waals surface area contributed by atoms with E-state index in [4.69, 9.17) is 0 Å². The van der Waals surface area contributed by atoms with E-state index in [-0.39, 0.29) is 23.9 Å². The van der Waals surface area contributed by atoms with Crippen molar-refractivity contribution in [1.29, 1.82) is 0 Å². The molecule has 2 heterocycles. The zero-order valence-electron chi connectivity index (χ0n) is 13.2. The molecule has 0 N–H and O–H groups in total. The van der Waals surface area contributed by atoms with E-state index in [1.54, 1.807) is 0 Å². The van der Waals surface area contributed by atoms with Gasteiger partial charge in [-0.2, -0.15) is 0 Å². The molecule has 0 spiro atoms. The average Bonchev–Trinajstić information content (AvgIpc) is 2.54. The highest BCUT2D eigenvalue weighted by molar-refractivity contribution is 5.95.